The number of nitrogens with zero attached hydrogens (tertiary/aromatic N) is 4. The summed E-state index contributed by atoms with van der Waals surface area (Å²) in [7, 11) is 0. The number of β-amino-alcohol motifs (C(OH)–C–C–N with tert-alkyl or cyclic N) is 1. The topological polar surface area (TPSA) is 114 Å². The van der Waals surface area contributed by atoms with Gasteiger partial charge in [0.25, 0.3) is 5.91 Å². The Balaban J connectivity index is 1.25. The van der Waals surface area contributed by atoms with Crippen molar-refractivity contribution in [2.24, 2.45) is 0 Å². The van der Waals surface area contributed by atoms with Crippen LogP contribution in [0.5, 0.6) is 5.75 Å². The highest BCUT2D eigenvalue weighted by atomic mass is 35.5. The van der Waals surface area contributed by atoms with E-state index >= 15 is 0 Å². The number of hydrogen-bond donors (Lipinski definition) is 2. The normalized spacial score (nSPS) is 14.6. The smallest absolute Gasteiger partial charge is 0.270 e. The average Bonchev–Trinajstić information content (AvgIpc) is 3.20. The van der Waals surface area contributed by atoms with E-state index in [-0.39, 0.29) is 17.4 Å². The lowest BCUT2D eigenvalue weighted by Crippen LogP contribution is -2.42. The quantitative estimate of drug-likeness (QED) is 0.495. The number of aromatic nitrogens is 3. The Labute approximate surface area is 190 Å². The van der Waals surface area contributed by atoms with Gasteiger partial charge in [-0.2, -0.15) is 0 Å². The average molecular weight is 458 g/mol. The maximum Gasteiger partial charge on any atom is 0.270 e. The first kappa shape index (κ1) is 22.2. The summed E-state index contributed by atoms with van der Waals surface area (Å²) in [5, 5.41) is 13.2. The van der Waals surface area contributed by atoms with E-state index in [0.29, 0.717) is 13.2 Å². The number of oxazole rings is 1. The largest absolute Gasteiger partial charge is 0.486 e. The van der Waals surface area contributed by atoms with E-state index in [0.717, 1.165) is 36.7 Å². The third-order valence-electron chi connectivity index (χ3n) is 5.32. The second kappa shape index (κ2) is 10.1. The van der Waals surface area contributed by atoms with Crippen LogP contribution in [0.4, 0.5) is 0 Å². The molecular weight excluding hydrogens is 434 g/mol. The number of aliphatic hydroxyl groups is 1. The van der Waals surface area contributed by atoms with Crippen LogP contribution in [0.15, 0.2) is 41.4 Å². The summed E-state index contributed by atoms with van der Waals surface area (Å²) in [4.78, 5) is 26.0. The Hall–Kier alpha value is -3.01. The maximum atomic E-state index is 12.1. The van der Waals surface area contributed by atoms with E-state index in [1.54, 1.807) is 0 Å². The number of amides is 1. The molecule has 1 amide bonds. The summed E-state index contributed by atoms with van der Waals surface area (Å²) in [5.41, 5.74) is 3.43. The number of aliphatic hydroxyl groups excluding tert-OH is 1. The van der Waals surface area contributed by atoms with Crippen molar-refractivity contribution in [1.29, 1.82) is 0 Å². The molecule has 0 saturated carbocycles. The zero-order chi connectivity index (χ0) is 22.5. The maximum absolute atomic E-state index is 12.1. The minimum atomic E-state index is -0.703. The number of nitrogens with one attached hydrogen (secondary N) is 1. The number of carbonyl (C=O) groups excluding carboxylic acids is 1. The Kier molecular flexibility index (Phi) is 6.99. The van der Waals surface area contributed by atoms with Crippen molar-refractivity contribution in [3.63, 3.8) is 0 Å². The third kappa shape index (κ3) is 5.61. The van der Waals surface area contributed by atoms with E-state index in [1.807, 2.05) is 13.0 Å². The van der Waals surface area contributed by atoms with Gasteiger partial charge in [0.1, 0.15) is 29.5 Å². The van der Waals surface area contributed by atoms with Crippen molar-refractivity contribution in [2.45, 2.75) is 32.6 Å². The molecule has 168 valence electrons. The molecule has 0 saturated heterocycles. The Morgan fingerprint density at radius 3 is 2.97 bits per heavy atom. The fourth-order valence-electron chi connectivity index (χ4n) is 3.57. The first-order valence-corrected chi connectivity index (χ1v) is 10.7. The Bertz CT molecular complexity index is 1090. The molecule has 0 aliphatic carbocycles. The SMILES string of the molecule is Cc1ncoc1COc1ccc2c(c1)CCN(C[C@@H](O)CNC(=O)c1cc(Cl)ncn1)C2. The number of ether oxygens (including phenoxy) is 1. The van der Waals surface area contributed by atoms with Gasteiger partial charge in [-0.3, -0.25) is 9.69 Å². The summed E-state index contributed by atoms with van der Waals surface area (Å²) < 4.78 is 11.2. The monoisotopic (exact) mass is 457 g/mol. The van der Waals surface area contributed by atoms with Gasteiger partial charge in [-0.1, -0.05) is 17.7 Å². The van der Waals surface area contributed by atoms with Crippen LogP contribution in [0.2, 0.25) is 5.15 Å². The van der Waals surface area contributed by atoms with Crippen LogP contribution in [0.1, 0.15) is 33.1 Å². The molecule has 1 aliphatic heterocycles. The van der Waals surface area contributed by atoms with Crippen LogP contribution in [0.3, 0.4) is 0 Å². The zero-order valence-corrected chi connectivity index (χ0v) is 18.4. The fourth-order valence-corrected chi connectivity index (χ4v) is 3.72. The predicted octanol–water partition coefficient (Wildman–Crippen LogP) is 2.15. The molecule has 32 heavy (non-hydrogen) atoms. The van der Waals surface area contributed by atoms with Crippen LogP contribution in [0.25, 0.3) is 0 Å². The van der Waals surface area contributed by atoms with E-state index in [4.69, 9.17) is 20.8 Å². The van der Waals surface area contributed by atoms with Crippen molar-refractivity contribution in [3.05, 3.63) is 70.4 Å². The van der Waals surface area contributed by atoms with Crippen molar-refractivity contribution < 1.29 is 19.1 Å². The molecule has 1 atom stereocenters. The fraction of sp³-hybridized carbons (Fsp3) is 0.364. The van der Waals surface area contributed by atoms with Crippen molar-refractivity contribution in [2.75, 3.05) is 19.6 Å². The van der Waals surface area contributed by atoms with Crippen molar-refractivity contribution >= 4 is 17.5 Å². The molecule has 3 heterocycles. The third-order valence-corrected chi connectivity index (χ3v) is 5.52. The zero-order valence-electron chi connectivity index (χ0n) is 17.6. The molecule has 1 aromatic carbocycles. The molecule has 2 N–H and O–H groups in total. The first-order valence-electron chi connectivity index (χ1n) is 10.3. The molecule has 2 aromatic heterocycles. The van der Waals surface area contributed by atoms with E-state index < -0.39 is 12.0 Å². The lowest BCUT2D eigenvalue weighted by Gasteiger charge is -2.30. The molecular formula is C22H24ClN5O4. The van der Waals surface area contributed by atoms with E-state index in [1.165, 1.54) is 29.9 Å². The lowest BCUT2D eigenvalue weighted by molar-refractivity contribution is 0.0838. The highest BCUT2D eigenvalue weighted by Gasteiger charge is 2.20. The van der Waals surface area contributed by atoms with Crippen LogP contribution >= 0.6 is 11.6 Å². The molecule has 0 fully saturated rings. The van der Waals surface area contributed by atoms with Gasteiger partial charge in [0.05, 0.1) is 11.8 Å². The molecule has 0 radical (unpaired) electrons. The van der Waals surface area contributed by atoms with Crippen molar-refractivity contribution in [3.8, 4) is 5.75 Å². The number of aryl methyl sites for hydroxylation is 1. The van der Waals surface area contributed by atoms with Crippen LogP contribution in [-0.4, -0.2) is 56.6 Å². The highest BCUT2D eigenvalue weighted by molar-refractivity contribution is 6.29. The van der Waals surface area contributed by atoms with Gasteiger partial charge >= 0.3 is 0 Å². The second-order valence-corrected chi connectivity index (χ2v) is 8.04. The van der Waals surface area contributed by atoms with Gasteiger partial charge in [-0.15, -0.1) is 0 Å². The molecule has 3 aromatic rings. The number of hydrogen-bond acceptors (Lipinski definition) is 8. The number of halogens is 1. The molecule has 10 heteroatoms. The van der Waals surface area contributed by atoms with Gasteiger partial charge in [0.2, 0.25) is 0 Å². The van der Waals surface area contributed by atoms with Crippen molar-refractivity contribution in [1.82, 2.24) is 25.2 Å². The molecule has 1 aliphatic rings. The number of carbonyl (C=O) groups is 1. The van der Waals surface area contributed by atoms with Gasteiger partial charge in [-0.25, -0.2) is 15.0 Å². The van der Waals surface area contributed by atoms with Gasteiger partial charge in [0, 0.05) is 32.2 Å². The summed E-state index contributed by atoms with van der Waals surface area (Å²) in [6, 6.07) is 7.44. The van der Waals surface area contributed by atoms with Crippen LogP contribution in [0, 0.1) is 6.92 Å². The number of benzene rings is 1. The standard InChI is InChI=1S/C22H24ClN5O4/c1-14-20(32-13-27-14)11-31-18-3-2-16-9-28(5-4-15(16)6-18)10-17(29)8-24-22(30)19-7-21(23)26-12-25-19/h2-3,6-7,12-13,17,29H,4-5,8-11H2,1H3,(H,24,30)/t17-/m0/s1. The summed E-state index contributed by atoms with van der Waals surface area (Å²) in [5.74, 6) is 1.11. The Morgan fingerprint density at radius 1 is 1.31 bits per heavy atom. The minimum absolute atomic E-state index is 0.123. The summed E-state index contributed by atoms with van der Waals surface area (Å²) >= 11 is 5.78. The van der Waals surface area contributed by atoms with Crippen LogP contribution in [-0.2, 0) is 19.6 Å². The van der Waals surface area contributed by atoms with Crippen LogP contribution < -0.4 is 10.1 Å². The molecule has 0 bridgehead atoms. The van der Waals surface area contributed by atoms with Gasteiger partial charge < -0.3 is 19.6 Å². The summed E-state index contributed by atoms with van der Waals surface area (Å²) in [6.07, 6.45) is 2.79. The van der Waals surface area contributed by atoms with E-state index in [2.05, 4.69) is 37.3 Å². The first-order chi connectivity index (χ1) is 15.5. The lowest BCUT2D eigenvalue weighted by atomic mass is 9.99. The number of fused-ring (bicyclic) bond motifs is 1. The summed E-state index contributed by atoms with van der Waals surface area (Å²) in [6.45, 7) is 4.34. The minimum Gasteiger partial charge on any atom is -0.486 e. The second-order valence-electron chi connectivity index (χ2n) is 7.66. The predicted molar refractivity (Wildman–Crippen MR) is 116 cm³/mol. The van der Waals surface area contributed by atoms with Gasteiger partial charge in [-0.05, 0) is 36.6 Å². The van der Waals surface area contributed by atoms with Gasteiger partial charge in [0.15, 0.2) is 12.2 Å². The molecule has 4 rings (SSSR count). The number of rotatable bonds is 8. The molecule has 0 unspecified atom stereocenters. The molecule has 0 spiro atoms. The highest BCUT2D eigenvalue weighted by Crippen LogP contribution is 2.25. The van der Waals surface area contributed by atoms with E-state index in [9.17, 15) is 9.90 Å². The molecule has 9 nitrogen and oxygen atoms in total. The Morgan fingerprint density at radius 2 is 2.19 bits per heavy atom.